The van der Waals surface area contributed by atoms with Crippen molar-refractivity contribution in [3.05, 3.63) is 63.6 Å². The van der Waals surface area contributed by atoms with Crippen molar-refractivity contribution in [3.8, 4) is 0 Å². The Balaban J connectivity index is 1.52. The van der Waals surface area contributed by atoms with Gasteiger partial charge in [-0.05, 0) is 61.9 Å². The van der Waals surface area contributed by atoms with Crippen LogP contribution in [0, 0.1) is 5.92 Å². The number of anilines is 1. The fourth-order valence-corrected chi connectivity index (χ4v) is 3.91. The van der Waals surface area contributed by atoms with E-state index in [0.717, 1.165) is 56.1 Å². The number of carbonyl (C=O) groups excluding carboxylic acids is 1. The second-order valence-corrected chi connectivity index (χ2v) is 8.06. The molecular formula is C21H21Cl2F3N2O. The van der Waals surface area contributed by atoms with Gasteiger partial charge in [-0.2, -0.15) is 13.2 Å². The SMILES string of the molecule is O=C(N[C@H]1CC[C@H](CNc2ccccc2Cl)CC1)c1cc(C(F)(F)F)ccc1Cl. The van der Waals surface area contributed by atoms with Gasteiger partial charge in [0.05, 0.1) is 26.9 Å². The summed E-state index contributed by atoms with van der Waals surface area (Å²) in [6.07, 6.45) is -1.20. The van der Waals surface area contributed by atoms with Crippen LogP contribution in [0.2, 0.25) is 10.0 Å². The van der Waals surface area contributed by atoms with E-state index in [1.54, 1.807) is 0 Å². The fraction of sp³-hybridized carbons (Fsp3) is 0.381. The van der Waals surface area contributed by atoms with Crippen molar-refractivity contribution in [2.24, 2.45) is 5.92 Å². The molecule has 3 rings (SSSR count). The third-order valence-electron chi connectivity index (χ3n) is 5.18. The van der Waals surface area contributed by atoms with Crippen LogP contribution in [0.4, 0.5) is 18.9 Å². The van der Waals surface area contributed by atoms with Crippen LogP contribution in [0.25, 0.3) is 0 Å². The number of nitrogens with one attached hydrogen (secondary N) is 2. The van der Waals surface area contributed by atoms with E-state index < -0.39 is 17.6 Å². The van der Waals surface area contributed by atoms with Gasteiger partial charge in [-0.3, -0.25) is 4.79 Å². The van der Waals surface area contributed by atoms with Crippen molar-refractivity contribution in [1.29, 1.82) is 0 Å². The van der Waals surface area contributed by atoms with E-state index in [9.17, 15) is 18.0 Å². The third kappa shape index (κ3) is 5.80. The van der Waals surface area contributed by atoms with E-state index >= 15 is 0 Å². The third-order valence-corrected chi connectivity index (χ3v) is 5.83. The van der Waals surface area contributed by atoms with Gasteiger partial charge in [-0.15, -0.1) is 0 Å². The summed E-state index contributed by atoms with van der Waals surface area (Å²) < 4.78 is 38.7. The maximum atomic E-state index is 12.9. The molecule has 1 aliphatic carbocycles. The number of hydrogen-bond donors (Lipinski definition) is 2. The first kappa shape index (κ1) is 21.8. The summed E-state index contributed by atoms with van der Waals surface area (Å²) in [5.41, 5.74) is -0.144. The molecule has 0 atom stereocenters. The zero-order valence-corrected chi connectivity index (χ0v) is 17.0. The molecular weight excluding hydrogens is 424 g/mol. The van der Waals surface area contributed by atoms with E-state index in [1.807, 2.05) is 24.3 Å². The maximum Gasteiger partial charge on any atom is 0.416 e. The largest absolute Gasteiger partial charge is 0.416 e. The molecule has 8 heteroatoms. The Kier molecular flexibility index (Phi) is 6.96. The minimum atomic E-state index is -4.52. The van der Waals surface area contributed by atoms with Gasteiger partial charge in [0.1, 0.15) is 0 Å². The Morgan fingerprint density at radius 2 is 1.69 bits per heavy atom. The second kappa shape index (κ2) is 9.26. The Morgan fingerprint density at radius 1 is 1.00 bits per heavy atom. The van der Waals surface area contributed by atoms with Gasteiger partial charge in [-0.25, -0.2) is 0 Å². The van der Waals surface area contributed by atoms with Gasteiger partial charge in [0, 0.05) is 12.6 Å². The van der Waals surface area contributed by atoms with Crippen LogP contribution < -0.4 is 10.6 Å². The van der Waals surface area contributed by atoms with E-state index in [-0.39, 0.29) is 16.6 Å². The molecule has 0 radical (unpaired) electrons. The average Bonchev–Trinajstić information content (AvgIpc) is 2.68. The maximum absolute atomic E-state index is 12.9. The summed E-state index contributed by atoms with van der Waals surface area (Å²) in [6.45, 7) is 0.782. The predicted molar refractivity (Wildman–Crippen MR) is 110 cm³/mol. The summed E-state index contributed by atoms with van der Waals surface area (Å²) in [6, 6.07) is 10.2. The molecule has 2 aromatic carbocycles. The Bertz CT molecular complexity index is 865. The predicted octanol–water partition coefficient (Wildman–Crippen LogP) is 6.41. The molecule has 156 valence electrons. The molecule has 0 aliphatic heterocycles. The number of para-hydroxylation sites is 1. The molecule has 0 aromatic heterocycles. The molecule has 2 aromatic rings. The first-order valence-corrected chi connectivity index (χ1v) is 10.2. The molecule has 0 spiro atoms. The van der Waals surface area contributed by atoms with Crippen molar-refractivity contribution in [2.45, 2.75) is 37.9 Å². The van der Waals surface area contributed by atoms with E-state index in [2.05, 4.69) is 10.6 Å². The van der Waals surface area contributed by atoms with Gasteiger partial charge in [0.2, 0.25) is 0 Å². The quantitative estimate of drug-likeness (QED) is 0.558. The van der Waals surface area contributed by atoms with Crippen LogP contribution in [0.1, 0.15) is 41.6 Å². The van der Waals surface area contributed by atoms with Crippen molar-refractivity contribution >= 4 is 34.8 Å². The number of hydrogen-bond acceptors (Lipinski definition) is 2. The van der Waals surface area contributed by atoms with Crippen LogP contribution in [0.15, 0.2) is 42.5 Å². The number of alkyl halides is 3. The van der Waals surface area contributed by atoms with Crippen LogP contribution in [0.3, 0.4) is 0 Å². The fourth-order valence-electron chi connectivity index (χ4n) is 3.51. The average molecular weight is 445 g/mol. The van der Waals surface area contributed by atoms with Crippen molar-refractivity contribution in [2.75, 3.05) is 11.9 Å². The lowest BCUT2D eigenvalue weighted by Crippen LogP contribution is -2.38. The highest BCUT2D eigenvalue weighted by Gasteiger charge is 2.32. The van der Waals surface area contributed by atoms with Gasteiger partial charge in [0.25, 0.3) is 5.91 Å². The summed E-state index contributed by atoms with van der Waals surface area (Å²) in [7, 11) is 0. The number of amides is 1. The molecule has 3 nitrogen and oxygen atoms in total. The lowest BCUT2D eigenvalue weighted by Gasteiger charge is -2.29. The van der Waals surface area contributed by atoms with E-state index in [1.165, 1.54) is 0 Å². The molecule has 1 amide bonds. The lowest BCUT2D eigenvalue weighted by atomic mass is 9.86. The number of benzene rings is 2. The second-order valence-electron chi connectivity index (χ2n) is 7.24. The number of carbonyl (C=O) groups is 1. The standard InChI is InChI=1S/C21H21Cl2F3N2O/c22-17-10-7-14(21(24,25)26)11-16(17)20(29)28-15-8-5-13(6-9-15)12-27-19-4-2-1-3-18(19)23/h1-4,7,10-11,13,15,27H,5-6,8-9,12H2,(H,28,29)/t13-,15-. The molecule has 1 aliphatic rings. The van der Waals surface area contributed by atoms with Crippen LogP contribution in [-0.4, -0.2) is 18.5 Å². The highest BCUT2D eigenvalue weighted by atomic mass is 35.5. The van der Waals surface area contributed by atoms with Gasteiger partial charge >= 0.3 is 6.18 Å². The van der Waals surface area contributed by atoms with Crippen LogP contribution >= 0.6 is 23.2 Å². The Morgan fingerprint density at radius 3 is 2.34 bits per heavy atom. The number of rotatable bonds is 5. The first-order chi connectivity index (χ1) is 13.7. The molecule has 1 saturated carbocycles. The zero-order chi connectivity index (χ0) is 21.0. The monoisotopic (exact) mass is 444 g/mol. The first-order valence-electron chi connectivity index (χ1n) is 9.40. The Labute approximate surface area is 177 Å². The van der Waals surface area contributed by atoms with Crippen molar-refractivity contribution < 1.29 is 18.0 Å². The van der Waals surface area contributed by atoms with Crippen LogP contribution in [0.5, 0.6) is 0 Å². The van der Waals surface area contributed by atoms with Gasteiger partial charge in [-0.1, -0.05) is 35.3 Å². The number of halogens is 5. The van der Waals surface area contributed by atoms with E-state index in [4.69, 9.17) is 23.2 Å². The minimum absolute atomic E-state index is 0.00752. The molecule has 2 N–H and O–H groups in total. The Hall–Kier alpha value is -1.92. The summed E-state index contributed by atoms with van der Waals surface area (Å²) >= 11 is 12.1. The summed E-state index contributed by atoms with van der Waals surface area (Å²) in [5.74, 6) is -0.129. The minimum Gasteiger partial charge on any atom is -0.384 e. The molecule has 29 heavy (non-hydrogen) atoms. The molecule has 1 fully saturated rings. The topological polar surface area (TPSA) is 41.1 Å². The summed E-state index contributed by atoms with van der Waals surface area (Å²) in [5, 5.41) is 6.85. The smallest absolute Gasteiger partial charge is 0.384 e. The molecule has 0 saturated heterocycles. The zero-order valence-electron chi connectivity index (χ0n) is 15.5. The molecule has 0 unspecified atom stereocenters. The normalized spacial score (nSPS) is 19.6. The van der Waals surface area contributed by atoms with Crippen LogP contribution in [-0.2, 0) is 6.18 Å². The van der Waals surface area contributed by atoms with E-state index in [0.29, 0.717) is 10.9 Å². The summed E-state index contributed by atoms with van der Waals surface area (Å²) in [4.78, 5) is 12.5. The molecule has 0 bridgehead atoms. The highest BCUT2D eigenvalue weighted by molar-refractivity contribution is 6.34. The molecule has 0 heterocycles. The van der Waals surface area contributed by atoms with Gasteiger partial charge in [0.15, 0.2) is 0 Å². The van der Waals surface area contributed by atoms with Gasteiger partial charge < -0.3 is 10.6 Å². The van der Waals surface area contributed by atoms with Crippen molar-refractivity contribution in [3.63, 3.8) is 0 Å². The highest BCUT2D eigenvalue weighted by Crippen LogP contribution is 2.32. The lowest BCUT2D eigenvalue weighted by molar-refractivity contribution is -0.137. The van der Waals surface area contributed by atoms with Crippen molar-refractivity contribution in [1.82, 2.24) is 5.32 Å².